The van der Waals surface area contributed by atoms with Crippen LogP contribution in [0, 0.1) is 6.92 Å². The average molecular weight is 216 g/mol. The van der Waals surface area contributed by atoms with Crippen molar-refractivity contribution >= 4 is 27.3 Å². The summed E-state index contributed by atoms with van der Waals surface area (Å²) in [4.78, 5) is 6.63. The second-order valence-electron chi connectivity index (χ2n) is 3.11. The Kier molecular flexibility index (Phi) is 2.64. The maximum atomic E-state index is 11.1. The van der Waals surface area contributed by atoms with E-state index in [0.29, 0.717) is 0 Å². The van der Waals surface area contributed by atoms with Crippen LogP contribution in [-0.2, 0) is 10.8 Å². The van der Waals surface area contributed by atoms with E-state index in [1.807, 2.05) is 6.92 Å². The normalized spacial score (nSPS) is 19.3. The Morgan fingerprint density at radius 3 is 2.77 bits per heavy atom. The molecule has 0 aliphatic carbocycles. The molecule has 5 heteroatoms. The topological polar surface area (TPSA) is 33.2 Å². The molecule has 1 fully saturated rings. The van der Waals surface area contributed by atoms with Gasteiger partial charge >= 0.3 is 0 Å². The largest absolute Gasteiger partial charge is 0.346 e. The molecule has 2 rings (SSSR count). The summed E-state index contributed by atoms with van der Waals surface area (Å²) >= 11 is 1.67. The van der Waals surface area contributed by atoms with Crippen LogP contribution in [0.5, 0.6) is 0 Å². The van der Waals surface area contributed by atoms with Gasteiger partial charge in [-0.05, 0) is 6.92 Å². The van der Waals surface area contributed by atoms with Crippen molar-refractivity contribution in [3.63, 3.8) is 0 Å². The first-order valence-corrected chi connectivity index (χ1v) is 6.64. The summed E-state index contributed by atoms with van der Waals surface area (Å²) in [6.07, 6.45) is 0. The molecule has 1 aromatic rings. The number of hydrogen-bond acceptors (Lipinski definition) is 4. The first-order chi connectivity index (χ1) is 6.25. The Labute approximate surface area is 84.2 Å². The van der Waals surface area contributed by atoms with Gasteiger partial charge in [-0.25, -0.2) is 4.98 Å². The van der Waals surface area contributed by atoms with Gasteiger partial charge in [-0.2, -0.15) is 0 Å². The van der Waals surface area contributed by atoms with Crippen LogP contribution < -0.4 is 4.90 Å². The summed E-state index contributed by atoms with van der Waals surface area (Å²) in [5, 5.41) is 3.13. The fourth-order valence-electron chi connectivity index (χ4n) is 1.32. The zero-order valence-corrected chi connectivity index (χ0v) is 9.16. The molecule has 0 aromatic carbocycles. The molecule has 0 atom stereocenters. The van der Waals surface area contributed by atoms with E-state index in [0.717, 1.165) is 35.4 Å². The third-order valence-corrected chi connectivity index (χ3v) is 4.35. The fraction of sp³-hybridized carbons (Fsp3) is 0.625. The van der Waals surface area contributed by atoms with Crippen molar-refractivity contribution in [2.45, 2.75) is 6.92 Å². The van der Waals surface area contributed by atoms with Crippen molar-refractivity contribution in [3.05, 3.63) is 11.1 Å². The minimum Gasteiger partial charge on any atom is -0.346 e. The van der Waals surface area contributed by atoms with Gasteiger partial charge in [0, 0.05) is 40.8 Å². The molecule has 1 aliphatic rings. The maximum absolute atomic E-state index is 11.1. The minimum atomic E-state index is -0.593. The first-order valence-electron chi connectivity index (χ1n) is 4.28. The number of hydrogen-bond donors (Lipinski definition) is 0. The highest BCUT2D eigenvalue weighted by molar-refractivity contribution is 7.85. The number of anilines is 1. The molecule has 3 nitrogen and oxygen atoms in total. The number of rotatable bonds is 1. The molecule has 0 amide bonds. The third-order valence-electron chi connectivity index (χ3n) is 2.06. The lowest BCUT2D eigenvalue weighted by Crippen LogP contribution is -2.37. The van der Waals surface area contributed by atoms with E-state index in [-0.39, 0.29) is 0 Å². The molecule has 1 aliphatic heterocycles. The van der Waals surface area contributed by atoms with Crippen LogP contribution in [0.2, 0.25) is 0 Å². The highest BCUT2D eigenvalue weighted by atomic mass is 32.2. The Morgan fingerprint density at radius 2 is 2.23 bits per heavy atom. The predicted molar refractivity (Wildman–Crippen MR) is 56.9 cm³/mol. The van der Waals surface area contributed by atoms with Crippen LogP contribution in [-0.4, -0.2) is 33.8 Å². The van der Waals surface area contributed by atoms with Gasteiger partial charge in [0.2, 0.25) is 0 Å². The highest BCUT2D eigenvalue weighted by Gasteiger charge is 2.17. The van der Waals surface area contributed by atoms with E-state index in [1.165, 1.54) is 0 Å². The van der Waals surface area contributed by atoms with Gasteiger partial charge in [-0.15, -0.1) is 11.3 Å². The Hall–Kier alpha value is -0.420. The summed E-state index contributed by atoms with van der Waals surface area (Å²) in [6, 6.07) is 0. The molecule has 2 heterocycles. The van der Waals surface area contributed by atoms with E-state index >= 15 is 0 Å². The summed E-state index contributed by atoms with van der Waals surface area (Å²) < 4.78 is 11.1. The SMILES string of the molecule is Cc1csc(N2CCS(=O)CC2)n1. The molecule has 72 valence electrons. The van der Waals surface area contributed by atoms with Gasteiger partial charge < -0.3 is 4.90 Å². The number of nitrogens with zero attached hydrogens (tertiary/aromatic N) is 2. The molecule has 1 aromatic heterocycles. The first kappa shape index (κ1) is 9.15. The van der Waals surface area contributed by atoms with E-state index in [1.54, 1.807) is 11.3 Å². The number of aryl methyl sites for hydroxylation is 1. The third kappa shape index (κ3) is 2.08. The molecule has 0 bridgehead atoms. The molecule has 0 spiro atoms. The van der Waals surface area contributed by atoms with Gasteiger partial charge in [0.05, 0.1) is 5.69 Å². The van der Waals surface area contributed by atoms with Gasteiger partial charge in [0.25, 0.3) is 0 Å². The smallest absolute Gasteiger partial charge is 0.185 e. The number of aromatic nitrogens is 1. The second-order valence-corrected chi connectivity index (χ2v) is 5.64. The lowest BCUT2D eigenvalue weighted by Gasteiger charge is -2.25. The van der Waals surface area contributed by atoms with Crippen LogP contribution >= 0.6 is 11.3 Å². The number of thiazole rings is 1. The van der Waals surface area contributed by atoms with E-state index in [9.17, 15) is 4.21 Å². The molecule has 0 radical (unpaired) electrons. The maximum Gasteiger partial charge on any atom is 0.185 e. The summed E-state index contributed by atoms with van der Waals surface area (Å²) in [5.74, 6) is 1.58. The van der Waals surface area contributed by atoms with Crippen molar-refractivity contribution in [2.24, 2.45) is 0 Å². The van der Waals surface area contributed by atoms with Crippen LogP contribution in [0.25, 0.3) is 0 Å². The van der Waals surface area contributed by atoms with Crippen molar-refractivity contribution in [1.82, 2.24) is 4.98 Å². The minimum absolute atomic E-state index is 0.593. The lowest BCUT2D eigenvalue weighted by molar-refractivity contribution is 0.673. The molecular formula is C8H12N2OS2. The van der Waals surface area contributed by atoms with Gasteiger partial charge in [-0.3, -0.25) is 4.21 Å². The van der Waals surface area contributed by atoms with Crippen LogP contribution in [0.1, 0.15) is 5.69 Å². The average Bonchev–Trinajstić information content (AvgIpc) is 2.53. The van der Waals surface area contributed by atoms with Crippen molar-refractivity contribution in [2.75, 3.05) is 29.5 Å². The lowest BCUT2D eigenvalue weighted by atomic mass is 10.5. The summed E-state index contributed by atoms with van der Waals surface area (Å²) in [5.41, 5.74) is 1.08. The predicted octanol–water partition coefficient (Wildman–Crippen LogP) is 1.02. The summed E-state index contributed by atoms with van der Waals surface area (Å²) in [7, 11) is -0.593. The fourth-order valence-corrected chi connectivity index (χ4v) is 3.23. The van der Waals surface area contributed by atoms with Crippen LogP contribution in [0.15, 0.2) is 5.38 Å². The van der Waals surface area contributed by atoms with E-state index in [2.05, 4.69) is 15.3 Å². The molecule has 1 saturated heterocycles. The van der Waals surface area contributed by atoms with Crippen LogP contribution in [0.4, 0.5) is 5.13 Å². The van der Waals surface area contributed by atoms with Crippen molar-refractivity contribution in [1.29, 1.82) is 0 Å². The van der Waals surface area contributed by atoms with Crippen molar-refractivity contribution in [3.8, 4) is 0 Å². The Morgan fingerprint density at radius 1 is 1.54 bits per heavy atom. The van der Waals surface area contributed by atoms with E-state index in [4.69, 9.17) is 0 Å². The monoisotopic (exact) mass is 216 g/mol. The Bertz CT molecular complexity index is 314. The van der Waals surface area contributed by atoms with Gasteiger partial charge in [-0.1, -0.05) is 0 Å². The molecule has 13 heavy (non-hydrogen) atoms. The molecule has 0 N–H and O–H groups in total. The molecule has 0 unspecified atom stereocenters. The van der Waals surface area contributed by atoms with E-state index < -0.39 is 10.8 Å². The Balaban J connectivity index is 2.06. The molecular weight excluding hydrogens is 204 g/mol. The quantitative estimate of drug-likeness (QED) is 0.703. The second kappa shape index (κ2) is 3.75. The van der Waals surface area contributed by atoms with Gasteiger partial charge in [0.15, 0.2) is 5.13 Å². The van der Waals surface area contributed by atoms with Crippen LogP contribution in [0.3, 0.4) is 0 Å². The van der Waals surface area contributed by atoms with Crippen molar-refractivity contribution < 1.29 is 4.21 Å². The van der Waals surface area contributed by atoms with Gasteiger partial charge in [0.1, 0.15) is 0 Å². The molecule has 0 saturated carbocycles. The zero-order chi connectivity index (χ0) is 9.26. The summed E-state index contributed by atoms with van der Waals surface area (Å²) in [6.45, 7) is 3.78. The zero-order valence-electron chi connectivity index (χ0n) is 7.52. The highest BCUT2D eigenvalue weighted by Crippen LogP contribution is 2.20. The standard InChI is InChI=1S/C8H12N2OS2/c1-7-6-12-8(9-7)10-2-4-13(11)5-3-10/h6H,2-5H2,1H3.